The highest BCUT2D eigenvalue weighted by molar-refractivity contribution is 9.10. The van der Waals surface area contributed by atoms with Crippen LogP contribution < -0.4 is 9.47 Å². The van der Waals surface area contributed by atoms with Gasteiger partial charge in [0.25, 0.3) is 5.91 Å². The van der Waals surface area contributed by atoms with Gasteiger partial charge in [-0.2, -0.15) is 0 Å². The highest BCUT2D eigenvalue weighted by atomic mass is 79.9. The number of methoxy groups -OCH3 is 1. The van der Waals surface area contributed by atoms with Crippen molar-refractivity contribution in [2.45, 2.75) is 32.6 Å². The molecule has 0 saturated carbocycles. The highest BCUT2D eigenvalue weighted by Crippen LogP contribution is 2.39. The molecule has 0 unspecified atom stereocenters. The minimum Gasteiger partial charge on any atom is -0.493 e. The van der Waals surface area contributed by atoms with E-state index in [9.17, 15) is 9.59 Å². The summed E-state index contributed by atoms with van der Waals surface area (Å²) in [4.78, 5) is 26.7. The van der Waals surface area contributed by atoms with Crippen molar-refractivity contribution in [1.29, 1.82) is 0 Å². The van der Waals surface area contributed by atoms with Crippen LogP contribution in [0.1, 0.15) is 37.3 Å². The van der Waals surface area contributed by atoms with Crippen molar-refractivity contribution in [3.63, 3.8) is 0 Å². The van der Waals surface area contributed by atoms with Crippen LogP contribution in [0.15, 0.2) is 51.8 Å². The number of nitrogens with zero attached hydrogens (tertiary/aromatic N) is 1. The van der Waals surface area contributed by atoms with Gasteiger partial charge in [-0.1, -0.05) is 61.2 Å². The first-order valence-electron chi connectivity index (χ1n) is 11.4. The van der Waals surface area contributed by atoms with Gasteiger partial charge in [0, 0.05) is 19.4 Å². The van der Waals surface area contributed by atoms with Crippen LogP contribution in [0.4, 0.5) is 0 Å². The van der Waals surface area contributed by atoms with Crippen molar-refractivity contribution in [3.8, 4) is 11.5 Å². The van der Waals surface area contributed by atoms with Crippen LogP contribution in [-0.4, -0.2) is 48.0 Å². The zero-order valence-electron chi connectivity index (χ0n) is 19.8. The summed E-state index contributed by atoms with van der Waals surface area (Å²) in [5, 5.41) is 0. The molecule has 0 N–H and O–H groups in total. The largest absolute Gasteiger partial charge is 0.493 e. The van der Waals surface area contributed by atoms with Gasteiger partial charge in [0.05, 0.1) is 29.7 Å². The molecule has 1 aliphatic heterocycles. The van der Waals surface area contributed by atoms with E-state index < -0.39 is 0 Å². The number of thiocarbonyl (C=S) groups is 1. The molecule has 0 radical (unpaired) electrons. The minimum absolute atomic E-state index is 0.166. The van der Waals surface area contributed by atoms with Crippen LogP contribution in [0.5, 0.6) is 11.5 Å². The number of esters is 1. The predicted octanol–water partition coefficient (Wildman–Crippen LogP) is 6.01. The van der Waals surface area contributed by atoms with Crippen LogP contribution in [0.25, 0.3) is 6.08 Å². The number of carbonyl (C=O) groups excluding carboxylic acids is 2. The Labute approximate surface area is 224 Å². The van der Waals surface area contributed by atoms with Crippen molar-refractivity contribution < 1.29 is 23.8 Å². The van der Waals surface area contributed by atoms with E-state index in [1.54, 1.807) is 13.2 Å². The number of amides is 1. The molecule has 0 spiro atoms. The minimum atomic E-state index is -0.254. The molecule has 186 valence electrons. The number of hydrogen-bond acceptors (Lipinski definition) is 7. The van der Waals surface area contributed by atoms with Crippen LogP contribution in [0, 0.1) is 0 Å². The van der Waals surface area contributed by atoms with Gasteiger partial charge in [-0.05, 0) is 58.1 Å². The van der Waals surface area contributed by atoms with E-state index in [-0.39, 0.29) is 18.3 Å². The molecule has 0 bridgehead atoms. The Balaban J connectivity index is 1.63. The Bertz CT molecular complexity index is 1090. The first-order chi connectivity index (χ1) is 16.9. The summed E-state index contributed by atoms with van der Waals surface area (Å²) < 4.78 is 17.8. The molecule has 1 amide bonds. The van der Waals surface area contributed by atoms with E-state index >= 15 is 0 Å². The molecule has 9 heteroatoms. The first-order valence-corrected chi connectivity index (χ1v) is 13.4. The Morgan fingerprint density at radius 3 is 2.69 bits per heavy atom. The summed E-state index contributed by atoms with van der Waals surface area (Å²) >= 11 is 10.2. The summed E-state index contributed by atoms with van der Waals surface area (Å²) in [7, 11) is 1.58. The second kappa shape index (κ2) is 13.7. The molecular weight excluding hydrogens is 550 g/mol. The van der Waals surface area contributed by atoms with E-state index in [0.29, 0.717) is 46.9 Å². The fourth-order valence-electron chi connectivity index (χ4n) is 3.39. The van der Waals surface area contributed by atoms with Gasteiger partial charge < -0.3 is 14.2 Å². The lowest BCUT2D eigenvalue weighted by molar-refractivity contribution is -0.144. The topological polar surface area (TPSA) is 65.1 Å². The lowest BCUT2D eigenvalue weighted by Crippen LogP contribution is -2.29. The van der Waals surface area contributed by atoms with Crippen LogP contribution in [0.2, 0.25) is 0 Å². The number of thioether (sulfide) groups is 1. The van der Waals surface area contributed by atoms with E-state index in [2.05, 4.69) is 28.1 Å². The molecular formula is C26H28BrNO5S2. The number of benzene rings is 2. The lowest BCUT2D eigenvalue weighted by Gasteiger charge is -2.14. The Kier molecular flexibility index (Phi) is 10.6. The molecule has 2 aromatic carbocycles. The number of rotatable bonds is 12. The Morgan fingerprint density at radius 1 is 1.20 bits per heavy atom. The first kappa shape index (κ1) is 27.2. The molecule has 1 fully saturated rings. The fourth-order valence-corrected chi connectivity index (χ4v) is 5.28. The zero-order valence-corrected chi connectivity index (χ0v) is 23.0. The van der Waals surface area contributed by atoms with Gasteiger partial charge in [0.15, 0.2) is 11.5 Å². The average Bonchev–Trinajstić information content (AvgIpc) is 3.11. The van der Waals surface area contributed by atoms with Gasteiger partial charge in [-0.15, -0.1) is 0 Å². The van der Waals surface area contributed by atoms with Crippen molar-refractivity contribution in [3.05, 3.63) is 63.0 Å². The Hall–Kier alpha value is -2.36. The summed E-state index contributed by atoms with van der Waals surface area (Å²) in [6.45, 7) is 3.24. The maximum atomic E-state index is 12.9. The van der Waals surface area contributed by atoms with E-state index in [4.69, 9.17) is 26.4 Å². The van der Waals surface area contributed by atoms with Gasteiger partial charge in [0.1, 0.15) is 4.32 Å². The SMILES string of the molecule is CCCOC(=O)CCCN1C(=O)/C(=C/c2cc(Br)c(OCCc3ccccc3)c(OC)c2)SC1=S. The smallest absolute Gasteiger partial charge is 0.305 e. The number of ether oxygens (including phenoxy) is 3. The number of carbonyl (C=O) groups is 2. The highest BCUT2D eigenvalue weighted by Gasteiger charge is 2.31. The van der Waals surface area contributed by atoms with E-state index in [1.807, 2.05) is 37.3 Å². The molecule has 0 atom stereocenters. The summed E-state index contributed by atoms with van der Waals surface area (Å²) in [6.07, 6.45) is 4.10. The van der Waals surface area contributed by atoms with Crippen LogP contribution >= 0.6 is 39.9 Å². The van der Waals surface area contributed by atoms with Gasteiger partial charge in [-0.3, -0.25) is 14.5 Å². The van der Waals surface area contributed by atoms with E-state index in [0.717, 1.165) is 22.9 Å². The molecule has 0 aliphatic carbocycles. The summed E-state index contributed by atoms with van der Waals surface area (Å²) in [5.74, 6) is 0.763. The molecule has 1 heterocycles. The maximum absolute atomic E-state index is 12.9. The second-order valence-electron chi connectivity index (χ2n) is 7.78. The predicted molar refractivity (Wildman–Crippen MR) is 147 cm³/mol. The maximum Gasteiger partial charge on any atom is 0.305 e. The average molecular weight is 579 g/mol. The van der Waals surface area contributed by atoms with Crippen molar-refractivity contribution in [2.75, 3.05) is 26.9 Å². The molecule has 6 nitrogen and oxygen atoms in total. The third-order valence-electron chi connectivity index (χ3n) is 5.13. The van der Waals surface area contributed by atoms with E-state index in [1.165, 1.54) is 22.2 Å². The fraction of sp³-hybridized carbons (Fsp3) is 0.346. The van der Waals surface area contributed by atoms with Gasteiger partial charge in [0.2, 0.25) is 0 Å². The quantitative estimate of drug-likeness (QED) is 0.174. The summed E-state index contributed by atoms with van der Waals surface area (Å²) in [5.41, 5.74) is 1.98. The normalized spacial score (nSPS) is 14.5. The molecule has 2 aromatic rings. The number of hydrogen-bond donors (Lipinski definition) is 0. The summed E-state index contributed by atoms with van der Waals surface area (Å²) in [6, 6.07) is 13.8. The molecule has 3 rings (SSSR count). The number of halogens is 1. The van der Waals surface area contributed by atoms with Crippen molar-refractivity contribution in [1.82, 2.24) is 4.90 Å². The van der Waals surface area contributed by atoms with Crippen molar-refractivity contribution >= 4 is 62.2 Å². The van der Waals surface area contributed by atoms with Crippen molar-refractivity contribution in [2.24, 2.45) is 0 Å². The standard InChI is InChI=1S/C26H28BrNO5S2/c1-3-13-32-23(29)10-7-12-28-25(30)22(35-26(28)34)17-19-15-20(27)24(21(16-19)31-2)33-14-11-18-8-5-4-6-9-18/h4-6,8-9,15-17H,3,7,10-14H2,1-2H3/b22-17-. The Morgan fingerprint density at radius 2 is 1.97 bits per heavy atom. The van der Waals surface area contributed by atoms with Gasteiger partial charge in [-0.25, -0.2) is 0 Å². The van der Waals surface area contributed by atoms with Crippen LogP contribution in [-0.2, 0) is 20.7 Å². The monoisotopic (exact) mass is 577 g/mol. The molecule has 0 aromatic heterocycles. The molecule has 1 aliphatic rings. The lowest BCUT2D eigenvalue weighted by atomic mass is 10.1. The second-order valence-corrected chi connectivity index (χ2v) is 10.3. The third kappa shape index (κ3) is 7.81. The molecule has 1 saturated heterocycles. The third-order valence-corrected chi connectivity index (χ3v) is 7.10. The zero-order chi connectivity index (χ0) is 25.2. The molecule has 35 heavy (non-hydrogen) atoms. The van der Waals surface area contributed by atoms with Gasteiger partial charge >= 0.3 is 5.97 Å². The van der Waals surface area contributed by atoms with Crippen LogP contribution in [0.3, 0.4) is 0 Å².